The van der Waals surface area contributed by atoms with Crippen LogP contribution in [0.25, 0.3) is 0 Å². The number of ketones is 1. The summed E-state index contributed by atoms with van der Waals surface area (Å²) in [6, 6.07) is 6.89. The molecule has 1 saturated heterocycles. The first kappa shape index (κ1) is 18.7. The van der Waals surface area contributed by atoms with Crippen molar-refractivity contribution in [3.8, 4) is 0 Å². The zero-order chi connectivity index (χ0) is 18.6. The van der Waals surface area contributed by atoms with E-state index in [0.717, 1.165) is 50.6 Å². The van der Waals surface area contributed by atoms with Crippen molar-refractivity contribution < 1.29 is 9.59 Å². The molecular weight excluding hydrogens is 336 g/mol. The van der Waals surface area contributed by atoms with Crippen LogP contribution in [0.4, 0.5) is 0 Å². The third-order valence-corrected chi connectivity index (χ3v) is 6.74. The zero-order valence-corrected chi connectivity index (χ0v) is 16.4. The summed E-state index contributed by atoms with van der Waals surface area (Å²) < 4.78 is 0. The lowest BCUT2D eigenvalue weighted by atomic mass is 9.89. The standard InChI is InChI=1S/C23H32N2O2/c26-22(20-10-9-18-5-1-2-6-19(18)17-20)11-12-23(27)25-15-13-24(14-16-25)21-7-3-4-8-21/h9-10,17,21H,1-8,11-16H2. The fraction of sp³-hybridized carbons (Fsp3) is 0.652. The first-order valence-corrected chi connectivity index (χ1v) is 10.9. The molecule has 1 saturated carbocycles. The van der Waals surface area contributed by atoms with Crippen LogP contribution in [-0.2, 0) is 17.6 Å². The van der Waals surface area contributed by atoms with Crippen molar-refractivity contribution in [3.63, 3.8) is 0 Å². The maximum Gasteiger partial charge on any atom is 0.223 e. The Labute approximate surface area is 162 Å². The lowest BCUT2D eigenvalue weighted by Gasteiger charge is -2.38. The van der Waals surface area contributed by atoms with E-state index in [1.807, 2.05) is 11.0 Å². The molecule has 3 aliphatic rings. The van der Waals surface area contributed by atoms with Gasteiger partial charge in [0.2, 0.25) is 5.91 Å². The second-order valence-corrected chi connectivity index (χ2v) is 8.47. The summed E-state index contributed by atoms with van der Waals surface area (Å²) in [7, 11) is 0. The molecule has 0 aromatic heterocycles. The Kier molecular flexibility index (Phi) is 5.92. The maximum absolute atomic E-state index is 12.6. The molecule has 1 amide bonds. The van der Waals surface area contributed by atoms with Crippen LogP contribution in [0.5, 0.6) is 0 Å². The third kappa shape index (κ3) is 4.43. The first-order chi connectivity index (χ1) is 13.2. The molecule has 1 heterocycles. The van der Waals surface area contributed by atoms with Gasteiger partial charge in [0.15, 0.2) is 5.78 Å². The van der Waals surface area contributed by atoms with Crippen LogP contribution in [0.2, 0.25) is 0 Å². The van der Waals surface area contributed by atoms with Gasteiger partial charge in [-0.05, 0) is 55.7 Å². The normalized spacial score (nSPS) is 21.3. The van der Waals surface area contributed by atoms with Gasteiger partial charge in [-0.2, -0.15) is 0 Å². The van der Waals surface area contributed by atoms with E-state index in [9.17, 15) is 9.59 Å². The number of Topliss-reactive ketones (excluding diaryl/α,β-unsaturated/α-hetero) is 1. The van der Waals surface area contributed by atoms with E-state index in [2.05, 4.69) is 17.0 Å². The van der Waals surface area contributed by atoms with Crippen molar-refractivity contribution in [3.05, 3.63) is 34.9 Å². The number of hydrogen-bond donors (Lipinski definition) is 0. The second-order valence-electron chi connectivity index (χ2n) is 8.47. The SMILES string of the molecule is O=C(CCC(=O)N1CCN(C2CCCC2)CC1)c1ccc2c(c1)CCCC2. The van der Waals surface area contributed by atoms with Crippen LogP contribution in [0.1, 0.15) is 72.9 Å². The fourth-order valence-corrected chi connectivity index (χ4v) is 5.04. The third-order valence-electron chi connectivity index (χ3n) is 6.74. The number of carbonyl (C=O) groups excluding carboxylic acids is 2. The monoisotopic (exact) mass is 368 g/mol. The van der Waals surface area contributed by atoms with Crippen molar-refractivity contribution in [1.29, 1.82) is 0 Å². The smallest absolute Gasteiger partial charge is 0.223 e. The summed E-state index contributed by atoms with van der Waals surface area (Å²) in [5.41, 5.74) is 3.52. The van der Waals surface area contributed by atoms with Gasteiger partial charge in [-0.3, -0.25) is 14.5 Å². The number of nitrogens with zero attached hydrogens (tertiary/aromatic N) is 2. The number of rotatable bonds is 5. The molecule has 1 aromatic rings. The van der Waals surface area contributed by atoms with Crippen molar-refractivity contribution in [2.24, 2.45) is 0 Å². The van der Waals surface area contributed by atoms with Crippen molar-refractivity contribution in [2.45, 2.75) is 70.3 Å². The van der Waals surface area contributed by atoms with Gasteiger partial charge < -0.3 is 4.90 Å². The molecule has 4 rings (SSSR count). The van der Waals surface area contributed by atoms with Gasteiger partial charge in [0.1, 0.15) is 0 Å². The van der Waals surface area contributed by atoms with E-state index >= 15 is 0 Å². The van der Waals surface area contributed by atoms with Crippen LogP contribution >= 0.6 is 0 Å². The molecule has 146 valence electrons. The second kappa shape index (κ2) is 8.55. The molecule has 0 atom stereocenters. The highest BCUT2D eigenvalue weighted by Gasteiger charge is 2.27. The summed E-state index contributed by atoms with van der Waals surface area (Å²) >= 11 is 0. The summed E-state index contributed by atoms with van der Waals surface area (Å²) in [5, 5.41) is 0. The predicted octanol–water partition coefficient (Wildman–Crippen LogP) is 3.62. The lowest BCUT2D eigenvalue weighted by Crippen LogP contribution is -2.51. The fourth-order valence-electron chi connectivity index (χ4n) is 5.04. The van der Waals surface area contributed by atoms with Gasteiger partial charge in [0, 0.05) is 50.6 Å². The first-order valence-electron chi connectivity index (χ1n) is 10.9. The molecule has 4 nitrogen and oxygen atoms in total. The maximum atomic E-state index is 12.6. The van der Waals surface area contributed by atoms with E-state index < -0.39 is 0 Å². The molecule has 0 unspecified atom stereocenters. The molecule has 27 heavy (non-hydrogen) atoms. The summed E-state index contributed by atoms with van der Waals surface area (Å²) in [6.07, 6.45) is 10.7. The minimum absolute atomic E-state index is 0.112. The molecule has 1 aromatic carbocycles. The van der Waals surface area contributed by atoms with E-state index in [1.54, 1.807) is 0 Å². The Morgan fingerprint density at radius 2 is 1.56 bits per heavy atom. The van der Waals surface area contributed by atoms with Crippen LogP contribution < -0.4 is 0 Å². The van der Waals surface area contributed by atoms with Gasteiger partial charge in [0.25, 0.3) is 0 Å². The number of hydrogen-bond acceptors (Lipinski definition) is 3. The van der Waals surface area contributed by atoms with Crippen molar-refractivity contribution >= 4 is 11.7 Å². The Morgan fingerprint density at radius 3 is 2.30 bits per heavy atom. The van der Waals surface area contributed by atoms with Crippen LogP contribution in [-0.4, -0.2) is 53.7 Å². The topological polar surface area (TPSA) is 40.6 Å². The summed E-state index contributed by atoms with van der Waals surface area (Å²) in [6.45, 7) is 3.63. The van der Waals surface area contributed by atoms with Crippen LogP contribution in [0.3, 0.4) is 0 Å². The Hall–Kier alpha value is -1.68. The highest BCUT2D eigenvalue weighted by atomic mass is 16.2. The summed E-state index contributed by atoms with van der Waals surface area (Å²) in [5.74, 6) is 0.258. The highest BCUT2D eigenvalue weighted by Crippen LogP contribution is 2.25. The molecule has 2 fully saturated rings. The van der Waals surface area contributed by atoms with Crippen LogP contribution in [0.15, 0.2) is 18.2 Å². The van der Waals surface area contributed by atoms with Crippen molar-refractivity contribution in [2.75, 3.05) is 26.2 Å². The quantitative estimate of drug-likeness (QED) is 0.746. The molecule has 0 spiro atoms. The van der Waals surface area contributed by atoms with Crippen molar-refractivity contribution in [1.82, 2.24) is 9.80 Å². The van der Waals surface area contributed by atoms with E-state index in [1.165, 1.54) is 49.7 Å². The number of amides is 1. The molecule has 4 heteroatoms. The number of benzene rings is 1. The Balaban J connectivity index is 1.25. The number of carbonyl (C=O) groups is 2. The number of piperazine rings is 1. The minimum atomic E-state index is 0.112. The van der Waals surface area contributed by atoms with Gasteiger partial charge in [-0.25, -0.2) is 0 Å². The van der Waals surface area contributed by atoms with E-state index in [0.29, 0.717) is 12.8 Å². The zero-order valence-electron chi connectivity index (χ0n) is 16.4. The highest BCUT2D eigenvalue weighted by molar-refractivity contribution is 5.98. The van der Waals surface area contributed by atoms with E-state index in [-0.39, 0.29) is 11.7 Å². The number of fused-ring (bicyclic) bond motifs is 1. The Morgan fingerprint density at radius 1 is 0.852 bits per heavy atom. The lowest BCUT2D eigenvalue weighted by molar-refractivity contribution is -0.133. The molecule has 0 radical (unpaired) electrons. The van der Waals surface area contributed by atoms with E-state index in [4.69, 9.17) is 0 Å². The molecular formula is C23H32N2O2. The van der Waals surface area contributed by atoms with Gasteiger partial charge >= 0.3 is 0 Å². The predicted molar refractivity (Wildman–Crippen MR) is 107 cm³/mol. The molecule has 0 N–H and O–H groups in total. The van der Waals surface area contributed by atoms with Gasteiger partial charge in [-0.15, -0.1) is 0 Å². The molecule has 0 bridgehead atoms. The summed E-state index contributed by atoms with van der Waals surface area (Å²) in [4.78, 5) is 29.6. The Bertz CT molecular complexity index is 686. The average Bonchev–Trinajstić information content (AvgIpc) is 3.26. The minimum Gasteiger partial charge on any atom is -0.340 e. The molecule has 1 aliphatic heterocycles. The van der Waals surface area contributed by atoms with Gasteiger partial charge in [0.05, 0.1) is 0 Å². The molecule has 2 aliphatic carbocycles. The average molecular weight is 369 g/mol. The largest absolute Gasteiger partial charge is 0.340 e. The van der Waals surface area contributed by atoms with Gasteiger partial charge in [-0.1, -0.05) is 25.0 Å². The van der Waals surface area contributed by atoms with Crippen LogP contribution in [0, 0.1) is 0 Å². The number of aryl methyl sites for hydroxylation is 2.